The smallest absolute Gasteiger partial charge is 0.126 e. The Morgan fingerprint density at radius 3 is 2.83 bits per heavy atom. The summed E-state index contributed by atoms with van der Waals surface area (Å²) in [5, 5.41) is 0. The quantitative estimate of drug-likeness (QED) is 0.632. The van der Waals surface area contributed by atoms with E-state index < -0.39 is 0 Å². The summed E-state index contributed by atoms with van der Waals surface area (Å²) in [7, 11) is 0. The van der Waals surface area contributed by atoms with Crippen LogP contribution in [0.4, 0.5) is 4.39 Å². The van der Waals surface area contributed by atoms with Gasteiger partial charge in [0.15, 0.2) is 0 Å². The Bertz CT molecular complexity index is 497. The average Bonchev–Trinajstić information content (AvgIpc) is 2.87. The molecule has 0 radical (unpaired) electrons. The molecule has 2 rings (SSSR count). The van der Waals surface area contributed by atoms with Crippen molar-refractivity contribution in [3.63, 3.8) is 0 Å². The van der Waals surface area contributed by atoms with Crippen LogP contribution in [0.5, 0.6) is 0 Å². The van der Waals surface area contributed by atoms with Crippen molar-refractivity contribution in [2.75, 3.05) is 0 Å². The molecule has 0 aliphatic heterocycles. The minimum Gasteiger partial charge on any atom is -0.469 e. The lowest BCUT2D eigenvalue weighted by Gasteiger charge is -2.16. The Morgan fingerprint density at radius 1 is 1.39 bits per heavy atom. The van der Waals surface area contributed by atoms with Gasteiger partial charge in [0.25, 0.3) is 0 Å². The maximum atomic E-state index is 13.2. The molecule has 0 bridgehead atoms. The van der Waals surface area contributed by atoms with Gasteiger partial charge in [-0.05, 0) is 42.7 Å². The lowest BCUT2D eigenvalue weighted by atomic mass is 10.00. The zero-order chi connectivity index (χ0) is 13.0. The predicted octanol–water partition coefficient (Wildman–Crippen LogP) is 2.86. The van der Waals surface area contributed by atoms with Gasteiger partial charge in [0.1, 0.15) is 11.6 Å². The van der Waals surface area contributed by atoms with Gasteiger partial charge in [0.2, 0.25) is 0 Å². The van der Waals surface area contributed by atoms with Crippen LogP contribution in [0.15, 0.2) is 41.0 Å². The third-order valence-corrected chi connectivity index (χ3v) is 3.05. The summed E-state index contributed by atoms with van der Waals surface area (Å²) in [5.74, 6) is 6.29. The maximum Gasteiger partial charge on any atom is 0.126 e. The third kappa shape index (κ3) is 2.97. The van der Waals surface area contributed by atoms with Gasteiger partial charge in [-0.15, -0.1) is 0 Å². The second kappa shape index (κ2) is 5.80. The van der Waals surface area contributed by atoms with Gasteiger partial charge >= 0.3 is 0 Å². The topological polar surface area (TPSA) is 51.2 Å². The van der Waals surface area contributed by atoms with Crippen molar-refractivity contribution in [1.82, 2.24) is 5.43 Å². The fourth-order valence-electron chi connectivity index (χ4n) is 1.97. The van der Waals surface area contributed by atoms with E-state index in [9.17, 15) is 4.39 Å². The van der Waals surface area contributed by atoms with E-state index in [1.165, 1.54) is 6.07 Å². The molecular weight excluding hydrogens is 231 g/mol. The first-order chi connectivity index (χ1) is 8.70. The van der Waals surface area contributed by atoms with Crippen LogP contribution in [0.2, 0.25) is 0 Å². The van der Waals surface area contributed by atoms with E-state index in [4.69, 9.17) is 10.3 Å². The Morgan fingerprint density at radius 2 is 2.22 bits per heavy atom. The molecule has 0 aliphatic rings. The van der Waals surface area contributed by atoms with Crippen LogP contribution in [0, 0.1) is 12.7 Å². The highest BCUT2D eigenvalue weighted by Gasteiger charge is 2.11. The first-order valence-corrected chi connectivity index (χ1v) is 5.95. The molecule has 0 fully saturated rings. The largest absolute Gasteiger partial charge is 0.469 e. The summed E-state index contributed by atoms with van der Waals surface area (Å²) < 4.78 is 18.5. The number of halogens is 1. The summed E-state index contributed by atoms with van der Waals surface area (Å²) in [5.41, 5.74) is 4.38. The Hall–Kier alpha value is -1.65. The number of aryl methyl sites for hydroxylation is 2. The van der Waals surface area contributed by atoms with E-state index in [-0.39, 0.29) is 11.9 Å². The van der Waals surface area contributed by atoms with Crippen molar-refractivity contribution < 1.29 is 8.81 Å². The molecule has 18 heavy (non-hydrogen) atoms. The molecule has 1 heterocycles. The Labute approximate surface area is 106 Å². The van der Waals surface area contributed by atoms with Crippen LogP contribution in [-0.4, -0.2) is 0 Å². The lowest BCUT2D eigenvalue weighted by molar-refractivity contribution is 0.458. The van der Waals surface area contributed by atoms with Crippen molar-refractivity contribution in [2.24, 2.45) is 5.84 Å². The molecular formula is C14H17FN2O. The number of benzene rings is 1. The highest BCUT2D eigenvalue weighted by atomic mass is 19.1. The number of nitrogens with one attached hydrogen (secondary N) is 1. The zero-order valence-electron chi connectivity index (χ0n) is 10.3. The zero-order valence-corrected chi connectivity index (χ0v) is 10.3. The molecule has 1 unspecified atom stereocenters. The molecule has 3 N–H and O–H groups in total. The van der Waals surface area contributed by atoms with Crippen LogP contribution in [0.25, 0.3) is 0 Å². The van der Waals surface area contributed by atoms with Crippen molar-refractivity contribution in [3.05, 3.63) is 59.3 Å². The molecule has 0 spiro atoms. The van der Waals surface area contributed by atoms with Crippen molar-refractivity contribution in [1.29, 1.82) is 0 Å². The molecule has 0 aliphatic carbocycles. The number of furan rings is 1. The molecule has 0 saturated heterocycles. The number of hydrogen-bond acceptors (Lipinski definition) is 3. The van der Waals surface area contributed by atoms with Crippen LogP contribution in [0.1, 0.15) is 29.3 Å². The molecule has 1 aromatic carbocycles. The molecule has 1 aromatic heterocycles. The first kappa shape index (κ1) is 12.8. The second-order valence-electron chi connectivity index (χ2n) is 4.35. The van der Waals surface area contributed by atoms with Gasteiger partial charge in [-0.3, -0.25) is 11.3 Å². The van der Waals surface area contributed by atoms with Crippen LogP contribution in [0.3, 0.4) is 0 Å². The van der Waals surface area contributed by atoms with Crippen molar-refractivity contribution >= 4 is 0 Å². The maximum absolute atomic E-state index is 13.2. The normalized spacial score (nSPS) is 12.6. The summed E-state index contributed by atoms with van der Waals surface area (Å²) >= 11 is 0. The summed E-state index contributed by atoms with van der Waals surface area (Å²) in [6.45, 7) is 1.75. The fraction of sp³-hybridized carbons (Fsp3) is 0.286. The van der Waals surface area contributed by atoms with E-state index in [1.807, 2.05) is 18.2 Å². The van der Waals surface area contributed by atoms with E-state index in [2.05, 4.69) is 5.43 Å². The monoisotopic (exact) mass is 248 g/mol. The molecule has 3 nitrogen and oxygen atoms in total. The van der Waals surface area contributed by atoms with Crippen LogP contribution in [-0.2, 0) is 6.42 Å². The van der Waals surface area contributed by atoms with Crippen molar-refractivity contribution in [2.45, 2.75) is 25.8 Å². The lowest BCUT2D eigenvalue weighted by Crippen LogP contribution is -2.28. The molecule has 2 aromatic rings. The number of hydrazine groups is 1. The molecule has 96 valence electrons. The highest BCUT2D eigenvalue weighted by molar-refractivity contribution is 5.26. The number of nitrogens with two attached hydrogens (primary N) is 1. The number of rotatable bonds is 5. The Kier molecular flexibility index (Phi) is 4.12. The summed E-state index contributed by atoms with van der Waals surface area (Å²) in [6, 6.07) is 8.85. The summed E-state index contributed by atoms with van der Waals surface area (Å²) in [4.78, 5) is 0. The van der Waals surface area contributed by atoms with Crippen LogP contribution < -0.4 is 11.3 Å². The SMILES string of the molecule is Cc1cc(C(CCc2ccco2)NN)ccc1F. The van der Waals surface area contributed by atoms with Gasteiger partial charge < -0.3 is 4.42 Å². The minimum absolute atomic E-state index is 0.00519. The Balaban J connectivity index is 2.05. The van der Waals surface area contributed by atoms with E-state index in [0.717, 1.165) is 24.2 Å². The van der Waals surface area contributed by atoms with Gasteiger partial charge in [-0.2, -0.15) is 0 Å². The molecule has 0 amide bonds. The minimum atomic E-state index is -0.194. The number of hydrogen-bond donors (Lipinski definition) is 2. The fourth-order valence-corrected chi connectivity index (χ4v) is 1.97. The summed E-state index contributed by atoms with van der Waals surface area (Å²) in [6.07, 6.45) is 3.25. The van der Waals surface area contributed by atoms with Gasteiger partial charge in [0, 0.05) is 12.5 Å². The first-order valence-electron chi connectivity index (χ1n) is 5.95. The van der Waals surface area contributed by atoms with Gasteiger partial charge in [-0.25, -0.2) is 4.39 Å². The highest BCUT2D eigenvalue weighted by Crippen LogP contribution is 2.21. The standard InChI is InChI=1S/C14H17FN2O/c1-10-9-11(4-6-13(10)15)14(17-16)7-5-12-3-2-8-18-12/h2-4,6,8-9,14,17H,5,7,16H2,1H3. The van der Waals surface area contributed by atoms with Crippen LogP contribution >= 0.6 is 0 Å². The third-order valence-electron chi connectivity index (χ3n) is 3.05. The van der Waals surface area contributed by atoms with Gasteiger partial charge in [-0.1, -0.05) is 12.1 Å². The molecule has 0 saturated carbocycles. The molecule has 1 atom stereocenters. The molecule has 4 heteroatoms. The second-order valence-corrected chi connectivity index (χ2v) is 4.35. The van der Waals surface area contributed by atoms with Gasteiger partial charge in [0.05, 0.1) is 6.26 Å². The average molecular weight is 248 g/mol. The van der Waals surface area contributed by atoms with E-state index >= 15 is 0 Å². The van der Waals surface area contributed by atoms with E-state index in [1.54, 1.807) is 19.3 Å². The van der Waals surface area contributed by atoms with E-state index in [0.29, 0.717) is 5.56 Å². The van der Waals surface area contributed by atoms with Crippen molar-refractivity contribution in [3.8, 4) is 0 Å². The predicted molar refractivity (Wildman–Crippen MR) is 68.2 cm³/mol.